The minimum absolute atomic E-state index is 0.438. The maximum Gasteiger partial charge on any atom is 0.152 e. The Hall–Kier alpha value is 0.0700. The Bertz CT molecular complexity index is 146. The molecule has 0 radical (unpaired) electrons. The average molecular weight is 191 g/mol. The lowest BCUT2D eigenvalue weighted by molar-refractivity contribution is 0.332. The average Bonchev–Trinajstić information content (AvgIpc) is 2.49. The van der Waals surface area contributed by atoms with E-state index in [2.05, 4.69) is 4.90 Å². The van der Waals surface area contributed by atoms with Gasteiger partial charge < -0.3 is 9.45 Å². The van der Waals surface area contributed by atoms with Crippen LogP contribution in [0.2, 0.25) is 0 Å². The molecule has 1 heterocycles. The molecule has 0 saturated carbocycles. The first-order valence-corrected chi connectivity index (χ1v) is 5.86. The molecule has 0 aromatic rings. The Morgan fingerprint density at radius 1 is 1.25 bits per heavy atom. The monoisotopic (exact) mass is 191 g/mol. The first-order chi connectivity index (χ1) is 5.79. The van der Waals surface area contributed by atoms with Gasteiger partial charge in [-0.15, -0.1) is 0 Å². The van der Waals surface area contributed by atoms with Gasteiger partial charge in [-0.2, -0.15) is 0 Å². The van der Waals surface area contributed by atoms with E-state index in [1.807, 2.05) is 0 Å². The lowest BCUT2D eigenvalue weighted by Gasteiger charge is -2.13. The van der Waals surface area contributed by atoms with Gasteiger partial charge in [0.2, 0.25) is 0 Å². The third-order valence-corrected chi connectivity index (χ3v) is 2.88. The fourth-order valence-corrected chi connectivity index (χ4v) is 2.02. The first-order valence-electron chi connectivity index (χ1n) is 4.59. The molecule has 1 unspecified atom stereocenters. The van der Waals surface area contributed by atoms with Crippen molar-refractivity contribution in [1.82, 2.24) is 4.90 Å². The van der Waals surface area contributed by atoms with E-state index in [9.17, 15) is 4.21 Å². The third kappa shape index (κ3) is 4.18. The van der Waals surface area contributed by atoms with E-state index in [0.717, 1.165) is 19.4 Å². The molecule has 0 spiro atoms. The minimum Gasteiger partial charge on any atom is -0.306 e. The summed E-state index contributed by atoms with van der Waals surface area (Å²) in [6.07, 6.45) is 4.59. The Labute approximate surface area is 76.4 Å². The van der Waals surface area contributed by atoms with Gasteiger partial charge in [0.15, 0.2) is 11.1 Å². The second-order valence-electron chi connectivity index (χ2n) is 3.28. The summed E-state index contributed by atoms with van der Waals surface area (Å²) in [5.41, 5.74) is 0. The zero-order chi connectivity index (χ0) is 8.81. The Balaban J connectivity index is 1.91. The standard InChI is InChI=1S/C8H17NO2S/c10-12(11)8-4-3-7-9-5-1-2-6-9/h1-8H2,(H,10,11). The van der Waals surface area contributed by atoms with Crippen LogP contribution in [0.25, 0.3) is 0 Å². The van der Waals surface area contributed by atoms with Crippen LogP contribution < -0.4 is 0 Å². The van der Waals surface area contributed by atoms with Gasteiger partial charge in [-0.1, -0.05) is 0 Å². The van der Waals surface area contributed by atoms with Crippen molar-refractivity contribution < 1.29 is 8.76 Å². The number of rotatable bonds is 5. The van der Waals surface area contributed by atoms with Crippen molar-refractivity contribution in [3.63, 3.8) is 0 Å². The SMILES string of the molecule is O=S(O)CCCCN1CCCC1. The van der Waals surface area contributed by atoms with Crippen LogP contribution >= 0.6 is 0 Å². The normalized spacial score (nSPS) is 21.4. The van der Waals surface area contributed by atoms with Crippen molar-refractivity contribution in [2.24, 2.45) is 0 Å². The number of likely N-dealkylation sites (tertiary alicyclic amines) is 1. The van der Waals surface area contributed by atoms with Crippen molar-refractivity contribution in [3.8, 4) is 0 Å². The van der Waals surface area contributed by atoms with E-state index in [1.165, 1.54) is 25.9 Å². The van der Waals surface area contributed by atoms with Crippen molar-refractivity contribution in [2.75, 3.05) is 25.4 Å². The molecule has 1 rings (SSSR count). The predicted octanol–water partition coefficient (Wildman–Crippen LogP) is 1.08. The van der Waals surface area contributed by atoms with Crippen molar-refractivity contribution in [3.05, 3.63) is 0 Å². The van der Waals surface area contributed by atoms with Gasteiger partial charge >= 0.3 is 0 Å². The molecule has 1 fully saturated rings. The summed E-state index contributed by atoms with van der Waals surface area (Å²) in [6, 6.07) is 0. The van der Waals surface area contributed by atoms with E-state index in [-0.39, 0.29) is 0 Å². The molecule has 0 aliphatic carbocycles. The molecule has 0 bridgehead atoms. The number of hydrogen-bond donors (Lipinski definition) is 1. The number of unbranched alkanes of at least 4 members (excludes halogenated alkanes) is 1. The molecule has 0 aromatic heterocycles. The molecule has 1 saturated heterocycles. The molecule has 4 heteroatoms. The summed E-state index contributed by atoms with van der Waals surface area (Å²) >= 11 is -1.59. The lowest BCUT2D eigenvalue weighted by Crippen LogP contribution is -2.20. The van der Waals surface area contributed by atoms with Crippen LogP contribution in [0.3, 0.4) is 0 Å². The molecule has 1 aliphatic rings. The molecular formula is C8H17NO2S. The summed E-state index contributed by atoms with van der Waals surface area (Å²) in [5, 5.41) is 0. The second-order valence-corrected chi connectivity index (χ2v) is 4.33. The quantitative estimate of drug-likeness (QED) is 0.522. The highest BCUT2D eigenvalue weighted by Crippen LogP contribution is 2.08. The van der Waals surface area contributed by atoms with Crippen LogP contribution in [-0.4, -0.2) is 39.0 Å². The largest absolute Gasteiger partial charge is 0.306 e. The van der Waals surface area contributed by atoms with Crippen LogP contribution in [0.15, 0.2) is 0 Å². The Morgan fingerprint density at radius 2 is 1.92 bits per heavy atom. The minimum atomic E-state index is -1.59. The van der Waals surface area contributed by atoms with E-state index < -0.39 is 11.1 Å². The van der Waals surface area contributed by atoms with Gasteiger partial charge in [-0.25, -0.2) is 4.21 Å². The summed E-state index contributed by atoms with van der Waals surface area (Å²) in [5.74, 6) is 0.438. The van der Waals surface area contributed by atoms with E-state index in [0.29, 0.717) is 5.75 Å². The van der Waals surface area contributed by atoms with E-state index in [1.54, 1.807) is 0 Å². The smallest absolute Gasteiger partial charge is 0.152 e. The van der Waals surface area contributed by atoms with Crippen LogP contribution in [-0.2, 0) is 11.1 Å². The second kappa shape index (κ2) is 5.67. The van der Waals surface area contributed by atoms with Crippen molar-refractivity contribution >= 4 is 11.1 Å². The van der Waals surface area contributed by atoms with Crippen LogP contribution in [0.5, 0.6) is 0 Å². The fraction of sp³-hybridized carbons (Fsp3) is 1.00. The summed E-state index contributed by atoms with van der Waals surface area (Å²) in [4.78, 5) is 2.43. The van der Waals surface area contributed by atoms with Crippen molar-refractivity contribution in [1.29, 1.82) is 0 Å². The van der Waals surface area contributed by atoms with Gasteiger partial charge in [-0.3, -0.25) is 0 Å². The fourth-order valence-electron chi connectivity index (χ4n) is 1.57. The third-order valence-electron chi connectivity index (χ3n) is 2.24. The zero-order valence-corrected chi connectivity index (χ0v) is 8.18. The summed E-state index contributed by atoms with van der Waals surface area (Å²) in [7, 11) is 0. The van der Waals surface area contributed by atoms with Gasteiger partial charge in [0.1, 0.15) is 0 Å². The molecule has 1 aliphatic heterocycles. The molecule has 1 atom stereocenters. The predicted molar refractivity (Wildman–Crippen MR) is 50.5 cm³/mol. The number of nitrogens with zero attached hydrogens (tertiary/aromatic N) is 1. The van der Waals surface area contributed by atoms with Crippen molar-refractivity contribution in [2.45, 2.75) is 25.7 Å². The van der Waals surface area contributed by atoms with Gasteiger partial charge in [0, 0.05) is 5.75 Å². The van der Waals surface area contributed by atoms with Gasteiger partial charge in [-0.05, 0) is 45.3 Å². The topological polar surface area (TPSA) is 40.5 Å². The molecule has 1 N–H and O–H groups in total. The summed E-state index contributed by atoms with van der Waals surface area (Å²) < 4.78 is 18.8. The highest BCUT2D eigenvalue weighted by molar-refractivity contribution is 7.79. The number of hydrogen-bond acceptors (Lipinski definition) is 2. The van der Waals surface area contributed by atoms with Crippen LogP contribution in [0.1, 0.15) is 25.7 Å². The molecule has 12 heavy (non-hydrogen) atoms. The van der Waals surface area contributed by atoms with E-state index in [4.69, 9.17) is 4.55 Å². The molecule has 3 nitrogen and oxygen atoms in total. The zero-order valence-electron chi connectivity index (χ0n) is 7.37. The lowest BCUT2D eigenvalue weighted by atomic mass is 10.3. The van der Waals surface area contributed by atoms with Gasteiger partial charge in [0.05, 0.1) is 0 Å². The first kappa shape index (κ1) is 10.2. The molecular weight excluding hydrogens is 174 g/mol. The molecule has 0 aromatic carbocycles. The maximum absolute atomic E-state index is 10.3. The highest BCUT2D eigenvalue weighted by atomic mass is 32.2. The molecule has 0 amide bonds. The van der Waals surface area contributed by atoms with Crippen LogP contribution in [0, 0.1) is 0 Å². The molecule has 72 valence electrons. The maximum atomic E-state index is 10.3. The van der Waals surface area contributed by atoms with E-state index >= 15 is 0 Å². The highest BCUT2D eigenvalue weighted by Gasteiger charge is 2.09. The van der Waals surface area contributed by atoms with Crippen LogP contribution in [0.4, 0.5) is 0 Å². The Kier molecular flexibility index (Phi) is 4.80. The van der Waals surface area contributed by atoms with Gasteiger partial charge in [0.25, 0.3) is 0 Å². The Morgan fingerprint density at radius 3 is 2.50 bits per heavy atom. The summed E-state index contributed by atoms with van der Waals surface area (Å²) in [6.45, 7) is 3.56.